The lowest BCUT2D eigenvalue weighted by Gasteiger charge is -2.10. The number of carbonyl (C=O) groups is 1. The van der Waals surface area contributed by atoms with Crippen LogP contribution >= 0.6 is 0 Å². The van der Waals surface area contributed by atoms with Gasteiger partial charge in [0.05, 0.1) is 6.20 Å². The first-order chi connectivity index (χ1) is 7.66. The molecule has 0 spiro atoms. The van der Waals surface area contributed by atoms with Gasteiger partial charge in [-0.25, -0.2) is 0 Å². The Morgan fingerprint density at radius 1 is 1.69 bits per heavy atom. The van der Waals surface area contributed by atoms with Crippen molar-refractivity contribution in [1.29, 1.82) is 0 Å². The third-order valence-electron chi connectivity index (χ3n) is 3.27. The number of hydrogen-bond acceptors (Lipinski definition) is 3. The Morgan fingerprint density at radius 3 is 3.06 bits per heavy atom. The molecule has 1 amide bonds. The van der Waals surface area contributed by atoms with Gasteiger partial charge in [-0.2, -0.15) is 5.10 Å². The average molecular weight is 222 g/mol. The van der Waals surface area contributed by atoms with Crippen molar-refractivity contribution in [3.05, 3.63) is 11.8 Å². The number of rotatable bonds is 3. The molecule has 1 saturated carbocycles. The Bertz CT molecular complexity index is 374. The molecular weight excluding hydrogens is 204 g/mol. The lowest BCUT2D eigenvalue weighted by molar-refractivity contribution is 0.0948. The molecule has 4 N–H and O–H groups in total. The van der Waals surface area contributed by atoms with E-state index in [1.165, 1.54) is 25.5 Å². The van der Waals surface area contributed by atoms with Crippen molar-refractivity contribution in [3.8, 4) is 0 Å². The molecule has 0 aliphatic heterocycles. The maximum atomic E-state index is 11.7. The van der Waals surface area contributed by atoms with Crippen molar-refractivity contribution < 1.29 is 4.79 Å². The highest BCUT2D eigenvalue weighted by Gasteiger charge is 2.22. The summed E-state index contributed by atoms with van der Waals surface area (Å²) in [6.07, 6.45) is 5.15. The minimum Gasteiger partial charge on any atom is -0.383 e. The van der Waals surface area contributed by atoms with Gasteiger partial charge in [-0.05, 0) is 24.7 Å². The highest BCUT2D eigenvalue weighted by molar-refractivity contribution is 5.98. The van der Waals surface area contributed by atoms with E-state index < -0.39 is 0 Å². The molecule has 2 rings (SSSR count). The molecular formula is C11H18N4O. The zero-order chi connectivity index (χ0) is 11.5. The Balaban J connectivity index is 1.82. The van der Waals surface area contributed by atoms with Crippen molar-refractivity contribution >= 4 is 11.7 Å². The number of amides is 1. The molecule has 1 aliphatic rings. The SMILES string of the molecule is CC1CCC(CNC(=O)c2cn[nH]c2N)C1. The molecule has 88 valence electrons. The normalized spacial score (nSPS) is 24.6. The highest BCUT2D eigenvalue weighted by atomic mass is 16.1. The summed E-state index contributed by atoms with van der Waals surface area (Å²) in [7, 11) is 0. The number of aromatic amines is 1. The van der Waals surface area contributed by atoms with Crippen molar-refractivity contribution in [2.24, 2.45) is 11.8 Å². The standard InChI is InChI=1S/C11H18N4O/c1-7-2-3-8(4-7)5-13-11(16)9-6-14-15-10(9)12/h6-8H,2-5H2,1H3,(H,13,16)(H3,12,14,15). The third kappa shape index (κ3) is 2.35. The Kier molecular flexibility index (Phi) is 3.12. The first kappa shape index (κ1) is 11.0. The van der Waals surface area contributed by atoms with E-state index in [0.717, 1.165) is 12.5 Å². The van der Waals surface area contributed by atoms with Crippen LogP contribution in [0.15, 0.2) is 6.20 Å². The van der Waals surface area contributed by atoms with E-state index >= 15 is 0 Å². The largest absolute Gasteiger partial charge is 0.383 e. The summed E-state index contributed by atoms with van der Waals surface area (Å²) in [5.74, 6) is 1.61. The topological polar surface area (TPSA) is 83.8 Å². The second-order valence-electron chi connectivity index (χ2n) is 4.69. The molecule has 0 aromatic carbocycles. The van der Waals surface area contributed by atoms with E-state index in [9.17, 15) is 4.79 Å². The first-order valence-corrected chi connectivity index (χ1v) is 5.74. The predicted octanol–water partition coefficient (Wildman–Crippen LogP) is 1.16. The Morgan fingerprint density at radius 2 is 2.50 bits per heavy atom. The van der Waals surface area contributed by atoms with Gasteiger partial charge in [-0.15, -0.1) is 0 Å². The van der Waals surface area contributed by atoms with Gasteiger partial charge in [-0.3, -0.25) is 9.89 Å². The third-order valence-corrected chi connectivity index (χ3v) is 3.27. The molecule has 1 aromatic rings. The number of H-pyrrole nitrogens is 1. The maximum absolute atomic E-state index is 11.7. The van der Waals surface area contributed by atoms with Crippen LogP contribution in [0.3, 0.4) is 0 Å². The van der Waals surface area contributed by atoms with Crippen LogP contribution in [0.25, 0.3) is 0 Å². The maximum Gasteiger partial charge on any atom is 0.256 e. The Hall–Kier alpha value is -1.52. The van der Waals surface area contributed by atoms with Gasteiger partial charge in [-0.1, -0.05) is 13.3 Å². The first-order valence-electron chi connectivity index (χ1n) is 5.74. The number of carbonyl (C=O) groups excluding carboxylic acids is 1. The lowest BCUT2D eigenvalue weighted by Crippen LogP contribution is -2.28. The van der Waals surface area contributed by atoms with Gasteiger partial charge in [0.25, 0.3) is 5.91 Å². The van der Waals surface area contributed by atoms with E-state index in [1.807, 2.05) is 0 Å². The average Bonchev–Trinajstić information content (AvgIpc) is 2.84. The summed E-state index contributed by atoms with van der Waals surface area (Å²) in [6.45, 7) is 3.00. The van der Waals surface area contributed by atoms with Crippen LogP contribution in [0, 0.1) is 11.8 Å². The number of nitrogen functional groups attached to an aromatic ring is 1. The van der Waals surface area contributed by atoms with E-state index in [4.69, 9.17) is 5.73 Å². The molecule has 0 radical (unpaired) electrons. The van der Waals surface area contributed by atoms with Gasteiger partial charge >= 0.3 is 0 Å². The molecule has 0 bridgehead atoms. The van der Waals surface area contributed by atoms with Crippen LogP contribution in [0.1, 0.15) is 36.5 Å². The van der Waals surface area contributed by atoms with Crippen LogP contribution in [-0.2, 0) is 0 Å². The van der Waals surface area contributed by atoms with E-state index in [1.54, 1.807) is 0 Å². The van der Waals surface area contributed by atoms with E-state index in [2.05, 4.69) is 22.4 Å². The molecule has 2 unspecified atom stereocenters. The summed E-state index contributed by atoms with van der Waals surface area (Å²) in [6, 6.07) is 0. The van der Waals surface area contributed by atoms with Gasteiger partial charge in [0.2, 0.25) is 0 Å². The predicted molar refractivity (Wildman–Crippen MR) is 61.8 cm³/mol. The molecule has 1 aliphatic carbocycles. The molecule has 1 heterocycles. The van der Waals surface area contributed by atoms with Crippen molar-refractivity contribution in [2.45, 2.75) is 26.2 Å². The summed E-state index contributed by atoms with van der Waals surface area (Å²) in [5, 5.41) is 9.18. The number of nitrogens with one attached hydrogen (secondary N) is 2. The van der Waals surface area contributed by atoms with Crippen molar-refractivity contribution in [3.63, 3.8) is 0 Å². The van der Waals surface area contributed by atoms with E-state index in [-0.39, 0.29) is 5.91 Å². The number of nitrogens with two attached hydrogens (primary N) is 1. The van der Waals surface area contributed by atoms with Gasteiger partial charge in [0, 0.05) is 6.54 Å². The quantitative estimate of drug-likeness (QED) is 0.717. The Labute approximate surface area is 94.8 Å². The van der Waals surface area contributed by atoms with Crippen LogP contribution in [0.4, 0.5) is 5.82 Å². The molecule has 1 fully saturated rings. The van der Waals surface area contributed by atoms with Crippen LogP contribution in [0.2, 0.25) is 0 Å². The van der Waals surface area contributed by atoms with Crippen LogP contribution in [-0.4, -0.2) is 22.6 Å². The number of nitrogens with zero attached hydrogens (tertiary/aromatic N) is 1. The summed E-state index contributed by atoms with van der Waals surface area (Å²) in [5.41, 5.74) is 6.00. The smallest absolute Gasteiger partial charge is 0.256 e. The summed E-state index contributed by atoms with van der Waals surface area (Å²) in [4.78, 5) is 11.7. The molecule has 5 heteroatoms. The number of hydrogen-bond donors (Lipinski definition) is 3. The highest BCUT2D eigenvalue weighted by Crippen LogP contribution is 2.29. The van der Waals surface area contributed by atoms with Crippen molar-refractivity contribution in [2.75, 3.05) is 12.3 Å². The zero-order valence-electron chi connectivity index (χ0n) is 9.49. The minimum absolute atomic E-state index is 0.134. The van der Waals surface area contributed by atoms with Crippen LogP contribution in [0.5, 0.6) is 0 Å². The number of aromatic nitrogens is 2. The fraction of sp³-hybridized carbons (Fsp3) is 0.636. The fourth-order valence-electron chi connectivity index (χ4n) is 2.32. The molecule has 1 aromatic heterocycles. The van der Waals surface area contributed by atoms with Gasteiger partial charge < -0.3 is 11.1 Å². The summed E-state index contributed by atoms with van der Waals surface area (Å²) >= 11 is 0. The lowest BCUT2D eigenvalue weighted by atomic mass is 10.1. The molecule has 0 saturated heterocycles. The fourth-order valence-corrected chi connectivity index (χ4v) is 2.32. The second-order valence-corrected chi connectivity index (χ2v) is 4.69. The molecule has 16 heavy (non-hydrogen) atoms. The minimum atomic E-state index is -0.134. The zero-order valence-corrected chi connectivity index (χ0v) is 9.49. The summed E-state index contributed by atoms with van der Waals surface area (Å²) < 4.78 is 0. The molecule has 2 atom stereocenters. The number of anilines is 1. The van der Waals surface area contributed by atoms with Gasteiger partial charge in [0.1, 0.15) is 11.4 Å². The second kappa shape index (κ2) is 4.55. The van der Waals surface area contributed by atoms with Crippen LogP contribution < -0.4 is 11.1 Å². The van der Waals surface area contributed by atoms with Crippen molar-refractivity contribution in [1.82, 2.24) is 15.5 Å². The molecule has 5 nitrogen and oxygen atoms in total. The van der Waals surface area contributed by atoms with Gasteiger partial charge in [0.15, 0.2) is 0 Å². The van der Waals surface area contributed by atoms with E-state index in [0.29, 0.717) is 17.3 Å². The monoisotopic (exact) mass is 222 g/mol.